The predicted molar refractivity (Wildman–Crippen MR) is 59.2 cm³/mol. The molecule has 0 saturated carbocycles. The molecule has 0 fully saturated rings. The molecule has 0 amide bonds. The lowest BCUT2D eigenvalue weighted by Crippen LogP contribution is -2.01. The second-order valence-electron chi connectivity index (χ2n) is 3.04. The number of benzene rings is 1. The van der Waals surface area contributed by atoms with Gasteiger partial charge in [0.05, 0.1) is 7.11 Å². The van der Waals surface area contributed by atoms with E-state index in [9.17, 15) is 5.11 Å². The molecule has 0 aromatic heterocycles. The number of rotatable bonds is 5. The van der Waals surface area contributed by atoms with Crippen LogP contribution in [0.3, 0.4) is 0 Å². The van der Waals surface area contributed by atoms with E-state index in [2.05, 4.69) is 6.58 Å². The molecule has 0 radical (unpaired) electrons. The Bertz CT molecular complexity index is 334. The number of phenols is 1. The van der Waals surface area contributed by atoms with Crippen molar-refractivity contribution in [2.75, 3.05) is 13.7 Å². The molecule has 15 heavy (non-hydrogen) atoms. The molecule has 1 atom stereocenters. The highest BCUT2D eigenvalue weighted by atomic mass is 16.5. The summed E-state index contributed by atoms with van der Waals surface area (Å²) in [6, 6.07) is 5.13. The van der Waals surface area contributed by atoms with Crippen LogP contribution in [0.15, 0.2) is 30.9 Å². The molecule has 3 nitrogen and oxygen atoms in total. The van der Waals surface area contributed by atoms with Crippen molar-refractivity contribution in [3.8, 4) is 11.5 Å². The molecule has 0 bridgehead atoms. The fourth-order valence-electron chi connectivity index (χ4n) is 1.35. The van der Waals surface area contributed by atoms with Crippen LogP contribution in [0.5, 0.6) is 11.5 Å². The maximum atomic E-state index is 9.43. The summed E-state index contributed by atoms with van der Waals surface area (Å²) in [7, 11) is 1.52. The van der Waals surface area contributed by atoms with Gasteiger partial charge in [-0.25, -0.2) is 0 Å². The van der Waals surface area contributed by atoms with Gasteiger partial charge < -0.3 is 14.6 Å². The van der Waals surface area contributed by atoms with Gasteiger partial charge in [0.25, 0.3) is 0 Å². The third kappa shape index (κ3) is 2.73. The zero-order chi connectivity index (χ0) is 11.3. The Hall–Kier alpha value is -1.48. The average Bonchev–Trinajstić information content (AvgIpc) is 2.27. The average molecular weight is 208 g/mol. The molecule has 0 saturated heterocycles. The molecule has 0 aliphatic heterocycles. The Kier molecular flexibility index (Phi) is 4.18. The first-order chi connectivity index (χ1) is 7.22. The van der Waals surface area contributed by atoms with Crippen LogP contribution in [-0.2, 0) is 4.74 Å². The van der Waals surface area contributed by atoms with E-state index in [0.717, 1.165) is 5.56 Å². The quantitative estimate of drug-likeness (QED) is 0.756. The van der Waals surface area contributed by atoms with Gasteiger partial charge in [0.1, 0.15) is 6.10 Å². The highest BCUT2D eigenvalue weighted by Crippen LogP contribution is 2.30. The summed E-state index contributed by atoms with van der Waals surface area (Å²) in [6.07, 6.45) is 1.56. The van der Waals surface area contributed by atoms with Crippen LogP contribution >= 0.6 is 0 Å². The molecular formula is C12H16O3. The van der Waals surface area contributed by atoms with Gasteiger partial charge in [0, 0.05) is 6.61 Å². The van der Waals surface area contributed by atoms with Crippen LogP contribution in [0.2, 0.25) is 0 Å². The zero-order valence-corrected chi connectivity index (χ0v) is 9.06. The molecule has 82 valence electrons. The van der Waals surface area contributed by atoms with Crippen molar-refractivity contribution >= 4 is 0 Å². The molecule has 1 aromatic rings. The van der Waals surface area contributed by atoms with Gasteiger partial charge in [-0.3, -0.25) is 0 Å². The minimum atomic E-state index is -0.163. The molecule has 1 N–H and O–H groups in total. The monoisotopic (exact) mass is 208 g/mol. The third-order valence-electron chi connectivity index (χ3n) is 2.09. The maximum Gasteiger partial charge on any atom is 0.160 e. The van der Waals surface area contributed by atoms with Crippen LogP contribution in [0.4, 0.5) is 0 Å². The first-order valence-electron chi connectivity index (χ1n) is 4.84. The van der Waals surface area contributed by atoms with Crippen molar-refractivity contribution in [1.29, 1.82) is 0 Å². The molecular weight excluding hydrogens is 192 g/mol. The number of ether oxygens (including phenoxy) is 2. The first kappa shape index (κ1) is 11.6. The lowest BCUT2D eigenvalue weighted by atomic mass is 10.1. The van der Waals surface area contributed by atoms with Crippen LogP contribution in [-0.4, -0.2) is 18.8 Å². The Balaban J connectivity index is 2.97. The van der Waals surface area contributed by atoms with Gasteiger partial charge in [-0.15, -0.1) is 6.58 Å². The van der Waals surface area contributed by atoms with Crippen molar-refractivity contribution in [2.45, 2.75) is 13.0 Å². The van der Waals surface area contributed by atoms with E-state index in [1.54, 1.807) is 24.3 Å². The number of aromatic hydroxyl groups is 1. The summed E-state index contributed by atoms with van der Waals surface area (Å²) in [4.78, 5) is 0. The summed E-state index contributed by atoms with van der Waals surface area (Å²) >= 11 is 0. The van der Waals surface area contributed by atoms with E-state index in [1.807, 2.05) is 6.92 Å². The second-order valence-corrected chi connectivity index (χ2v) is 3.04. The summed E-state index contributed by atoms with van der Waals surface area (Å²) in [5.41, 5.74) is 0.918. The Morgan fingerprint density at radius 2 is 2.27 bits per heavy atom. The fraction of sp³-hybridized carbons (Fsp3) is 0.333. The Morgan fingerprint density at radius 3 is 2.80 bits per heavy atom. The number of hydrogen-bond donors (Lipinski definition) is 1. The van der Waals surface area contributed by atoms with E-state index < -0.39 is 0 Å². The largest absolute Gasteiger partial charge is 0.504 e. The van der Waals surface area contributed by atoms with E-state index in [0.29, 0.717) is 12.4 Å². The van der Waals surface area contributed by atoms with Crippen LogP contribution < -0.4 is 4.74 Å². The fourth-order valence-corrected chi connectivity index (χ4v) is 1.35. The highest BCUT2D eigenvalue weighted by Gasteiger charge is 2.10. The third-order valence-corrected chi connectivity index (χ3v) is 2.09. The van der Waals surface area contributed by atoms with Crippen molar-refractivity contribution in [2.24, 2.45) is 0 Å². The van der Waals surface area contributed by atoms with Crippen molar-refractivity contribution in [3.05, 3.63) is 36.4 Å². The zero-order valence-electron chi connectivity index (χ0n) is 9.06. The molecule has 0 heterocycles. The Labute approximate surface area is 90.0 Å². The number of methoxy groups -OCH3 is 1. The summed E-state index contributed by atoms with van der Waals surface area (Å²) in [5, 5.41) is 9.43. The minimum absolute atomic E-state index is 0.126. The topological polar surface area (TPSA) is 38.7 Å². The number of hydrogen-bond acceptors (Lipinski definition) is 3. The van der Waals surface area contributed by atoms with Crippen LogP contribution in [0.1, 0.15) is 18.6 Å². The normalized spacial score (nSPS) is 12.1. The van der Waals surface area contributed by atoms with E-state index in [1.165, 1.54) is 7.11 Å². The molecule has 1 unspecified atom stereocenters. The van der Waals surface area contributed by atoms with Gasteiger partial charge in [0.2, 0.25) is 0 Å². The van der Waals surface area contributed by atoms with Gasteiger partial charge in [-0.1, -0.05) is 12.1 Å². The Morgan fingerprint density at radius 1 is 1.53 bits per heavy atom. The minimum Gasteiger partial charge on any atom is -0.504 e. The predicted octanol–water partition coefficient (Wildman–Crippen LogP) is 2.66. The van der Waals surface area contributed by atoms with E-state index in [4.69, 9.17) is 9.47 Å². The summed E-state index contributed by atoms with van der Waals surface area (Å²) in [6.45, 7) is 6.24. The lowest BCUT2D eigenvalue weighted by Gasteiger charge is -2.14. The second kappa shape index (κ2) is 5.41. The molecule has 1 aromatic carbocycles. The molecule has 0 spiro atoms. The molecule has 3 heteroatoms. The van der Waals surface area contributed by atoms with Crippen molar-refractivity contribution < 1.29 is 14.6 Å². The van der Waals surface area contributed by atoms with Gasteiger partial charge >= 0.3 is 0 Å². The van der Waals surface area contributed by atoms with Gasteiger partial charge in [-0.05, 0) is 24.6 Å². The summed E-state index contributed by atoms with van der Waals surface area (Å²) < 4.78 is 10.5. The first-order valence-corrected chi connectivity index (χ1v) is 4.84. The van der Waals surface area contributed by atoms with Crippen molar-refractivity contribution in [1.82, 2.24) is 0 Å². The smallest absolute Gasteiger partial charge is 0.160 e. The van der Waals surface area contributed by atoms with Gasteiger partial charge in [-0.2, -0.15) is 0 Å². The van der Waals surface area contributed by atoms with Crippen LogP contribution in [0.25, 0.3) is 0 Å². The SMILES string of the molecule is C=CC(OCC)c1ccc(O)c(OC)c1. The molecule has 1 rings (SSSR count). The highest BCUT2D eigenvalue weighted by molar-refractivity contribution is 5.43. The van der Waals surface area contributed by atoms with Gasteiger partial charge in [0.15, 0.2) is 11.5 Å². The standard InChI is InChI=1S/C12H16O3/c1-4-11(15-5-2)9-6-7-10(13)12(8-9)14-3/h4,6-8,11,13H,1,5H2,2-3H3. The molecule has 0 aliphatic rings. The number of phenolic OH excluding ortho intramolecular Hbond substituents is 1. The van der Waals surface area contributed by atoms with E-state index >= 15 is 0 Å². The molecule has 0 aliphatic carbocycles. The summed E-state index contributed by atoms with van der Waals surface area (Å²) in [5.74, 6) is 0.569. The maximum absolute atomic E-state index is 9.43. The van der Waals surface area contributed by atoms with Crippen molar-refractivity contribution in [3.63, 3.8) is 0 Å². The van der Waals surface area contributed by atoms with Crippen LogP contribution in [0, 0.1) is 0 Å². The van der Waals surface area contributed by atoms with E-state index in [-0.39, 0.29) is 11.9 Å². The lowest BCUT2D eigenvalue weighted by molar-refractivity contribution is 0.0968.